The molecule has 0 aromatic carbocycles. The third kappa shape index (κ3) is 2.74. The number of carbonyl (C=O) groups is 2. The highest BCUT2D eigenvalue weighted by atomic mass is 16.4. The van der Waals surface area contributed by atoms with Crippen molar-refractivity contribution in [2.24, 2.45) is 5.41 Å². The first-order valence-electron chi connectivity index (χ1n) is 3.71. The minimum Gasteiger partial charge on any atom is -0.481 e. The SMILES string of the molecule is C=CC(C=C)(CCC(=O)O)C(=O)O. The van der Waals surface area contributed by atoms with E-state index in [9.17, 15) is 9.59 Å². The second-order valence-corrected chi connectivity index (χ2v) is 2.65. The van der Waals surface area contributed by atoms with Gasteiger partial charge >= 0.3 is 11.9 Å². The zero-order chi connectivity index (χ0) is 10.5. The quantitative estimate of drug-likeness (QED) is 0.610. The summed E-state index contributed by atoms with van der Waals surface area (Å²) in [5.41, 5.74) is -1.32. The van der Waals surface area contributed by atoms with Gasteiger partial charge in [0.1, 0.15) is 5.41 Å². The molecule has 0 unspecified atom stereocenters. The molecule has 0 aliphatic heterocycles. The molecule has 0 saturated carbocycles. The van der Waals surface area contributed by atoms with Crippen molar-refractivity contribution < 1.29 is 19.8 Å². The summed E-state index contributed by atoms with van der Waals surface area (Å²) in [5, 5.41) is 17.2. The van der Waals surface area contributed by atoms with Crippen molar-refractivity contribution in [3.8, 4) is 0 Å². The first kappa shape index (κ1) is 11.4. The average Bonchev–Trinajstić information content (AvgIpc) is 2.06. The fourth-order valence-corrected chi connectivity index (χ4v) is 0.883. The van der Waals surface area contributed by atoms with Crippen molar-refractivity contribution in [3.63, 3.8) is 0 Å². The van der Waals surface area contributed by atoms with Crippen LogP contribution in [0.15, 0.2) is 25.3 Å². The summed E-state index contributed by atoms with van der Waals surface area (Å²) in [6, 6.07) is 0. The average molecular weight is 184 g/mol. The van der Waals surface area contributed by atoms with Gasteiger partial charge in [-0.25, -0.2) is 0 Å². The highest BCUT2D eigenvalue weighted by Gasteiger charge is 2.31. The number of aliphatic carboxylic acids is 2. The highest BCUT2D eigenvalue weighted by molar-refractivity contribution is 5.80. The van der Waals surface area contributed by atoms with Crippen LogP contribution in [0, 0.1) is 5.41 Å². The number of carboxylic acids is 2. The molecule has 0 aromatic rings. The molecule has 72 valence electrons. The summed E-state index contributed by atoms with van der Waals surface area (Å²) < 4.78 is 0. The maximum atomic E-state index is 10.8. The zero-order valence-electron chi connectivity index (χ0n) is 7.19. The van der Waals surface area contributed by atoms with E-state index in [0.29, 0.717) is 0 Å². The second-order valence-electron chi connectivity index (χ2n) is 2.65. The van der Waals surface area contributed by atoms with Crippen molar-refractivity contribution in [1.82, 2.24) is 0 Å². The molecule has 0 bridgehead atoms. The normalized spacial score (nSPS) is 10.5. The second kappa shape index (κ2) is 4.45. The lowest BCUT2D eigenvalue weighted by Crippen LogP contribution is -2.26. The van der Waals surface area contributed by atoms with Gasteiger partial charge in [0.2, 0.25) is 0 Å². The molecule has 2 N–H and O–H groups in total. The van der Waals surface area contributed by atoms with Gasteiger partial charge < -0.3 is 10.2 Å². The van der Waals surface area contributed by atoms with Crippen LogP contribution in [-0.4, -0.2) is 22.2 Å². The van der Waals surface area contributed by atoms with Gasteiger partial charge in [0.25, 0.3) is 0 Å². The monoisotopic (exact) mass is 184 g/mol. The predicted octanol–water partition coefficient (Wildman–Crippen LogP) is 1.29. The summed E-state index contributed by atoms with van der Waals surface area (Å²) in [6.45, 7) is 6.72. The van der Waals surface area contributed by atoms with E-state index in [1.807, 2.05) is 0 Å². The van der Waals surface area contributed by atoms with E-state index in [4.69, 9.17) is 10.2 Å². The molecule has 0 radical (unpaired) electrons. The third-order valence-corrected chi connectivity index (χ3v) is 1.88. The smallest absolute Gasteiger partial charge is 0.317 e. The molecule has 0 saturated heterocycles. The molecule has 0 aliphatic rings. The van der Waals surface area contributed by atoms with E-state index in [2.05, 4.69) is 13.2 Å². The van der Waals surface area contributed by atoms with Gasteiger partial charge in [-0.3, -0.25) is 9.59 Å². The molecule has 0 fully saturated rings. The summed E-state index contributed by atoms with van der Waals surface area (Å²) >= 11 is 0. The van der Waals surface area contributed by atoms with Gasteiger partial charge in [0, 0.05) is 6.42 Å². The largest absolute Gasteiger partial charge is 0.481 e. The molecule has 13 heavy (non-hydrogen) atoms. The molecular weight excluding hydrogens is 172 g/mol. The molecular formula is C9H12O4. The summed E-state index contributed by atoms with van der Waals surface area (Å²) in [5.74, 6) is -2.16. The Morgan fingerprint density at radius 3 is 1.92 bits per heavy atom. The van der Waals surface area contributed by atoms with E-state index in [1.165, 1.54) is 12.2 Å². The summed E-state index contributed by atoms with van der Waals surface area (Å²) in [7, 11) is 0. The summed E-state index contributed by atoms with van der Waals surface area (Å²) in [4.78, 5) is 21.0. The van der Waals surface area contributed by atoms with Crippen LogP contribution < -0.4 is 0 Å². The van der Waals surface area contributed by atoms with Crippen LogP contribution in [0.3, 0.4) is 0 Å². The fraction of sp³-hybridized carbons (Fsp3) is 0.333. The van der Waals surface area contributed by atoms with Crippen LogP contribution in [0.25, 0.3) is 0 Å². The number of hydrogen-bond acceptors (Lipinski definition) is 2. The van der Waals surface area contributed by atoms with Crippen LogP contribution in [0.1, 0.15) is 12.8 Å². The lowest BCUT2D eigenvalue weighted by molar-refractivity contribution is -0.144. The van der Waals surface area contributed by atoms with Crippen LogP contribution in [0.4, 0.5) is 0 Å². The molecule has 0 rings (SSSR count). The van der Waals surface area contributed by atoms with E-state index in [-0.39, 0.29) is 12.8 Å². The van der Waals surface area contributed by atoms with Gasteiger partial charge in [-0.2, -0.15) is 0 Å². The number of rotatable bonds is 6. The zero-order valence-corrected chi connectivity index (χ0v) is 7.19. The lowest BCUT2D eigenvalue weighted by Gasteiger charge is -2.19. The predicted molar refractivity (Wildman–Crippen MR) is 47.3 cm³/mol. The van der Waals surface area contributed by atoms with E-state index < -0.39 is 17.4 Å². The van der Waals surface area contributed by atoms with Crippen LogP contribution in [0.5, 0.6) is 0 Å². The standard InChI is InChI=1S/C9H12O4/c1-3-9(4-2,8(12)13)6-5-7(10)11/h3-4H,1-2,5-6H2,(H,10,11)(H,12,13). The Balaban J connectivity index is 4.58. The maximum Gasteiger partial charge on any atom is 0.317 e. The highest BCUT2D eigenvalue weighted by Crippen LogP contribution is 2.26. The van der Waals surface area contributed by atoms with Crippen LogP contribution >= 0.6 is 0 Å². The number of carboxylic acid groups (broad SMARTS) is 2. The molecule has 0 amide bonds. The van der Waals surface area contributed by atoms with Crippen molar-refractivity contribution in [1.29, 1.82) is 0 Å². The van der Waals surface area contributed by atoms with Gasteiger partial charge in [-0.1, -0.05) is 12.2 Å². The molecule has 0 spiro atoms. The van der Waals surface area contributed by atoms with Crippen LogP contribution in [-0.2, 0) is 9.59 Å². The minimum absolute atomic E-state index is 0.0231. The van der Waals surface area contributed by atoms with Gasteiger partial charge in [-0.05, 0) is 6.42 Å². The maximum absolute atomic E-state index is 10.8. The lowest BCUT2D eigenvalue weighted by atomic mass is 9.83. The van der Waals surface area contributed by atoms with Gasteiger partial charge in [0.15, 0.2) is 0 Å². The molecule has 0 heterocycles. The Morgan fingerprint density at radius 2 is 1.69 bits per heavy atom. The molecule has 4 nitrogen and oxygen atoms in total. The van der Waals surface area contributed by atoms with E-state index in [1.54, 1.807) is 0 Å². The fourth-order valence-electron chi connectivity index (χ4n) is 0.883. The van der Waals surface area contributed by atoms with Gasteiger partial charge in [0.05, 0.1) is 0 Å². The minimum atomic E-state index is -1.32. The Kier molecular flexibility index (Phi) is 3.91. The molecule has 0 aromatic heterocycles. The Morgan fingerprint density at radius 1 is 1.23 bits per heavy atom. The molecule has 0 aliphatic carbocycles. The topological polar surface area (TPSA) is 74.6 Å². The van der Waals surface area contributed by atoms with E-state index in [0.717, 1.165) is 0 Å². The summed E-state index contributed by atoms with van der Waals surface area (Å²) in [6.07, 6.45) is 2.16. The van der Waals surface area contributed by atoms with Crippen molar-refractivity contribution >= 4 is 11.9 Å². The van der Waals surface area contributed by atoms with Crippen molar-refractivity contribution in [3.05, 3.63) is 25.3 Å². The van der Waals surface area contributed by atoms with Crippen molar-refractivity contribution in [2.45, 2.75) is 12.8 Å². The number of hydrogen-bond donors (Lipinski definition) is 2. The first-order chi connectivity index (χ1) is 5.98. The van der Waals surface area contributed by atoms with E-state index >= 15 is 0 Å². The Bertz CT molecular complexity index is 234. The first-order valence-corrected chi connectivity index (χ1v) is 3.71. The van der Waals surface area contributed by atoms with Gasteiger partial charge in [-0.15, -0.1) is 13.2 Å². The molecule has 4 heteroatoms. The Labute approximate surface area is 76.2 Å². The molecule has 0 atom stereocenters. The third-order valence-electron chi connectivity index (χ3n) is 1.88. The Hall–Kier alpha value is -1.58. The van der Waals surface area contributed by atoms with Crippen LogP contribution in [0.2, 0.25) is 0 Å². The van der Waals surface area contributed by atoms with Crippen molar-refractivity contribution in [2.75, 3.05) is 0 Å².